The number of para-hydroxylation sites is 1. The molecular formula is C17H15N3O3S. The van der Waals surface area contributed by atoms with E-state index in [1.54, 1.807) is 6.26 Å². The molecule has 24 heavy (non-hydrogen) atoms. The van der Waals surface area contributed by atoms with Gasteiger partial charge in [-0.15, -0.1) is 10.2 Å². The van der Waals surface area contributed by atoms with Gasteiger partial charge in [-0.3, -0.25) is 9.36 Å². The summed E-state index contributed by atoms with van der Waals surface area (Å²) in [6.07, 6.45) is 2.20. The molecule has 0 N–H and O–H groups in total. The number of benzene rings is 1. The van der Waals surface area contributed by atoms with E-state index in [0.29, 0.717) is 23.2 Å². The smallest absolute Gasteiger partial charge is 0.319 e. The summed E-state index contributed by atoms with van der Waals surface area (Å²) in [4.78, 5) is 12.0. The molecule has 2 atom stereocenters. The van der Waals surface area contributed by atoms with Crippen LogP contribution in [-0.4, -0.2) is 32.1 Å². The van der Waals surface area contributed by atoms with Crippen LogP contribution in [0.3, 0.4) is 0 Å². The minimum atomic E-state index is -0.267. The lowest BCUT2D eigenvalue weighted by molar-refractivity contribution is -0.140. The molecule has 0 aliphatic carbocycles. The van der Waals surface area contributed by atoms with Crippen LogP contribution >= 0.6 is 11.8 Å². The molecular weight excluding hydrogens is 326 g/mol. The van der Waals surface area contributed by atoms with E-state index in [4.69, 9.17) is 9.15 Å². The molecule has 4 rings (SSSR count). The summed E-state index contributed by atoms with van der Waals surface area (Å²) in [5.41, 5.74) is 0.913. The number of furan rings is 1. The molecule has 3 aromatic rings. The summed E-state index contributed by atoms with van der Waals surface area (Å²) in [5.74, 6) is 1.03. The van der Waals surface area contributed by atoms with Gasteiger partial charge >= 0.3 is 5.97 Å². The van der Waals surface area contributed by atoms with E-state index in [0.717, 1.165) is 5.69 Å². The number of ether oxygens (including phenoxy) is 1. The summed E-state index contributed by atoms with van der Waals surface area (Å²) in [6.45, 7) is 1.90. The Hall–Kier alpha value is -2.54. The highest BCUT2D eigenvalue weighted by molar-refractivity contribution is 8.00. The average Bonchev–Trinajstić information content (AvgIpc) is 3.29. The lowest BCUT2D eigenvalue weighted by atomic mass is 10.3. The van der Waals surface area contributed by atoms with Gasteiger partial charge in [-0.05, 0) is 31.2 Å². The normalized spacial score (nSPS) is 20.3. The number of aromatic nitrogens is 3. The van der Waals surface area contributed by atoms with Gasteiger partial charge in [0.2, 0.25) is 5.82 Å². The molecule has 7 heteroatoms. The number of esters is 1. The Bertz CT molecular complexity index is 845. The van der Waals surface area contributed by atoms with Crippen molar-refractivity contribution in [1.82, 2.24) is 14.8 Å². The molecule has 0 radical (unpaired) electrons. The van der Waals surface area contributed by atoms with Crippen molar-refractivity contribution < 1.29 is 13.9 Å². The zero-order valence-electron chi connectivity index (χ0n) is 13.0. The Morgan fingerprint density at radius 2 is 2.00 bits per heavy atom. The lowest BCUT2D eigenvalue weighted by Crippen LogP contribution is -2.11. The second-order valence-corrected chi connectivity index (χ2v) is 6.71. The van der Waals surface area contributed by atoms with E-state index in [1.807, 2.05) is 54.0 Å². The van der Waals surface area contributed by atoms with Gasteiger partial charge < -0.3 is 9.15 Å². The van der Waals surface area contributed by atoms with E-state index in [2.05, 4.69) is 10.2 Å². The number of thioether (sulfide) groups is 1. The summed E-state index contributed by atoms with van der Waals surface area (Å²) in [6, 6.07) is 13.4. The molecule has 0 amide bonds. The van der Waals surface area contributed by atoms with Crippen molar-refractivity contribution >= 4 is 17.7 Å². The van der Waals surface area contributed by atoms with Crippen LogP contribution in [-0.2, 0) is 9.53 Å². The van der Waals surface area contributed by atoms with Gasteiger partial charge in [-0.25, -0.2) is 0 Å². The molecule has 6 nitrogen and oxygen atoms in total. The van der Waals surface area contributed by atoms with Crippen LogP contribution in [0.15, 0.2) is 58.3 Å². The Morgan fingerprint density at radius 1 is 1.17 bits per heavy atom. The summed E-state index contributed by atoms with van der Waals surface area (Å²) >= 11 is 1.38. The maximum Gasteiger partial charge on any atom is 0.319 e. The lowest BCUT2D eigenvalue weighted by Gasteiger charge is -2.10. The molecule has 1 aliphatic rings. The van der Waals surface area contributed by atoms with Crippen molar-refractivity contribution in [2.75, 3.05) is 0 Å². The van der Waals surface area contributed by atoms with E-state index >= 15 is 0 Å². The van der Waals surface area contributed by atoms with Gasteiger partial charge in [-0.2, -0.15) is 0 Å². The van der Waals surface area contributed by atoms with Crippen LogP contribution < -0.4 is 0 Å². The average molecular weight is 341 g/mol. The molecule has 1 fully saturated rings. The minimum Gasteiger partial charge on any atom is -0.462 e. The van der Waals surface area contributed by atoms with Crippen LogP contribution in [0.25, 0.3) is 17.3 Å². The second-order valence-electron chi connectivity index (χ2n) is 5.54. The van der Waals surface area contributed by atoms with E-state index in [1.165, 1.54) is 11.8 Å². The first-order chi connectivity index (χ1) is 11.7. The maximum absolute atomic E-state index is 12.0. The van der Waals surface area contributed by atoms with Crippen LogP contribution in [0.2, 0.25) is 0 Å². The third-order valence-corrected chi connectivity index (χ3v) is 4.91. The molecule has 1 aliphatic heterocycles. The first-order valence-corrected chi connectivity index (χ1v) is 8.52. The summed E-state index contributed by atoms with van der Waals surface area (Å²) < 4.78 is 12.6. The van der Waals surface area contributed by atoms with E-state index in [9.17, 15) is 4.79 Å². The van der Waals surface area contributed by atoms with Crippen LogP contribution in [0, 0.1) is 0 Å². The standard InChI is InChI=1S/C17H15N3O3S/c1-11-10-14(16(21)23-11)24-17-19-18-15(13-8-5-9-22-13)20(17)12-6-3-2-4-7-12/h2-9,11,14H,10H2,1H3/t11-,14-/m1/s1. The van der Waals surface area contributed by atoms with Crippen molar-refractivity contribution in [3.05, 3.63) is 48.7 Å². The van der Waals surface area contributed by atoms with Crippen molar-refractivity contribution in [3.63, 3.8) is 0 Å². The van der Waals surface area contributed by atoms with Crippen LogP contribution in [0.4, 0.5) is 0 Å². The molecule has 0 unspecified atom stereocenters. The van der Waals surface area contributed by atoms with Gasteiger partial charge in [0.05, 0.1) is 6.26 Å². The topological polar surface area (TPSA) is 70.2 Å². The van der Waals surface area contributed by atoms with Gasteiger partial charge in [0.25, 0.3) is 0 Å². The first kappa shape index (κ1) is 15.0. The summed E-state index contributed by atoms with van der Waals surface area (Å²) in [7, 11) is 0. The molecule has 0 bridgehead atoms. The van der Waals surface area contributed by atoms with Crippen molar-refractivity contribution in [1.29, 1.82) is 0 Å². The van der Waals surface area contributed by atoms with Crippen molar-refractivity contribution in [2.45, 2.75) is 29.9 Å². The molecule has 122 valence electrons. The number of hydrogen-bond donors (Lipinski definition) is 0. The highest BCUT2D eigenvalue weighted by Crippen LogP contribution is 2.34. The summed E-state index contributed by atoms with van der Waals surface area (Å²) in [5, 5.41) is 8.92. The SMILES string of the molecule is C[C@@H]1C[C@@H](Sc2nnc(-c3ccco3)n2-c2ccccc2)C(=O)O1. The minimum absolute atomic E-state index is 0.0624. The van der Waals surface area contributed by atoms with Gasteiger partial charge in [0.1, 0.15) is 11.4 Å². The maximum atomic E-state index is 12.0. The molecule has 2 aromatic heterocycles. The predicted octanol–water partition coefficient (Wildman–Crippen LogP) is 3.32. The first-order valence-electron chi connectivity index (χ1n) is 7.64. The Morgan fingerprint density at radius 3 is 2.67 bits per heavy atom. The van der Waals surface area contributed by atoms with Crippen LogP contribution in [0.1, 0.15) is 13.3 Å². The third kappa shape index (κ3) is 2.71. The highest BCUT2D eigenvalue weighted by Gasteiger charge is 2.34. The predicted molar refractivity (Wildman–Crippen MR) is 88.9 cm³/mol. The fraction of sp³-hybridized carbons (Fsp3) is 0.235. The largest absolute Gasteiger partial charge is 0.462 e. The molecule has 1 aromatic carbocycles. The molecule has 0 spiro atoms. The number of rotatable bonds is 4. The number of carbonyl (C=O) groups is 1. The second kappa shape index (κ2) is 6.16. The van der Waals surface area contributed by atoms with Gasteiger partial charge in [0, 0.05) is 12.1 Å². The van der Waals surface area contributed by atoms with Gasteiger partial charge in [0.15, 0.2) is 10.9 Å². The molecule has 3 heterocycles. The highest BCUT2D eigenvalue weighted by atomic mass is 32.2. The molecule has 0 saturated carbocycles. The Balaban J connectivity index is 1.76. The quantitative estimate of drug-likeness (QED) is 0.678. The number of nitrogens with zero attached hydrogens (tertiary/aromatic N) is 3. The number of hydrogen-bond acceptors (Lipinski definition) is 6. The zero-order chi connectivity index (χ0) is 16.5. The molecule has 1 saturated heterocycles. The fourth-order valence-electron chi connectivity index (χ4n) is 2.66. The third-order valence-electron chi connectivity index (χ3n) is 3.76. The van der Waals surface area contributed by atoms with Gasteiger partial charge in [-0.1, -0.05) is 30.0 Å². The fourth-order valence-corrected chi connectivity index (χ4v) is 3.82. The Kier molecular flexibility index (Phi) is 3.86. The number of carbonyl (C=O) groups excluding carboxylic acids is 1. The van der Waals surface area contributed by atoms with Crippen molar-refractivity contribution in [2.24, 2.45) is 0 Å². The van der Waals surface area contributed by atoms with E-state index < -0.39 is 0 Å². The monoisotopic (exact) mass is 341 g/mol. The van der Waals surface area contributed by atoms with Crippen LogP contribution in [0.5, 0.6) is 0 Å². The zero-order valence-corrected chi connectivity index (χ0v) is 13.8. The van der Waals surface area contributed by atoms with E-state index in [-0.39, 0.29) is 17.3 Å². The number of cyclic esters (lactones) is 1. The van der Waals surface area contributed by atoms with Crippen molar-refractivity contribution in [3.8, 4) is 17.3 Å². The Labute approximate surface area is 142 Å².